The van der Waals surface area contributed by atoms with Crippen molar-refractivity contribution in [1.82, 2.24) is 0 Å². The molecule has 0 aliphatic carbocycles. The normalized spacial score (nSPS) is 17.4. The monoisotopic (exact) mass is 374 g/mol. The first kappa shape index (κ1) is 18.2. The molecule has 0 radical (unpaired) electrons. The number of piperidine rings is 1. The van der Waals surface area contributed by atoms with Gasteiger partial charge in [-0.05, 0) is 74.7 Å². The molecule has 1 aliphatic rings. The van der Waals surface area contributed by atoms with Crippen molar-refractivity contribution in [2.75, 3.05) is 22.5 Å². The number of benzene rings is 2. The topological polar surface area (TPSA) is 32.3 Å². The highest BCUT2D eigenvalue weighted by Crippen LogP contribution is 2.26. The van der Waals surface area contributed by atoms with Crippen molar-refractivity contribution in [3.63, 3.8) is 0 Å². The molecule has 2 aromatic carbocycles. The van der Waals surface area contributed by atoms with Crippen molar-refractivity contribution >= 4 is 40.6 Å². The number of nitrogens with zero attached hydrogens (tertiary/aromatic N) is 1. The Morgan fingerprint density at radius 1 is 1.16 bits per heavy atom. The second kappa shape index (κ2) is 8.63. The third-order valence-electron chi connectivity index (χ3n) is 4.47. The molecule has 0 unspecified atom stereocenters. The van der Waals surface area contributed by atoms with E-state index in [1.54, 1.807) is 0 Å². The molecule has 5 heteroatoms. The van der Waals surface area contributed by atoms with Gasteiger partial charge < -0.3 is 10.2 Å². The summed E-state index contributed by atoms with van der Waals surface area (Å²) in [4.78, 5) is 15.6. The summed E-state index contributed by atoms with van der Waals surface area (Å²) in [6, 6.07) is 16.3. The highest BCUT2D eigenvalue weighted by Gasteiger charge is 2.18. The van der Waals surface area contributed by atoms with Crippen LogP contribution in [-0.4, -0.2) is 24.2 Å². The predicted octanol–water partition coefficient (Wildman–Crippen LogP) is 5.45. The lowest BCUT2D eigenvalue weighted by Crippen LogP contribution is -2.37. The quantitative estimate of drug-likeness (QED) is 0.706. The van der Waals surface area contributed by atoms with E-state index in [0.29, 0.717) is 16.8 Å². The molecular formula is C20H23ClN2OS. The molecule has 0 spiro atoms. The molecular weight excluding hydrogens is 352 g/mol. The Balaban J connectivity index is 1.52. The first-order chi connectivity index (χ1) is 12.1. The van der Waals surface area contributed by atoms with Gasteiger partial charge in [-0.2, -0.15) is 0 Å². The van der Waals surface area contributed by atoms with Crippen molar-refractivity contribution in [1.29, 1.82) is 0 Å². The van der Waals surface area contributed by atoms with E-state index in [0.717, 1.165) is 17.1 Å². The van der Waals surface area contributed by atoms with Crippen LogP contribution in [0.15, 0.2) is 53.4 Å². The maximum absolute atomic E-state index is 12.1. The highest BCUT2D eigenvalue weighted by molar-refractivity contribution is 8.00. The minimum absolute atomic E-state index is 0.000888. The van der Waals surface area contributed by atoms with Crippen molar-refractivity contribution < 1.29 is 4.79 Å². The fraction of sp³-hybridized carbons (Fsp3) is 0.350. The van der Waals surface area contributed by atoms with Crippen LogP contribution >= 0.6 is 23.4 Å². The molecule has 1 aliphatic heterocycles. The van der Waals surface area contributed by atoms with Gasteiger partial charge in [-0.3, -0.25) is 4.79 Å². The predicted molar refractivity (Wildman–Crippen MR) is 108 cm³/mol. The van der Waals surface area contributed by atoms with E-state index in [9.17, 15) is 4.79 Å². The summed E-state index contributed by atoms with van der Waals surface area (Å²) < 4.78 is 0. The van der Waals surface area contributed by atoms with Crippen LogP contribution < -0.4 is 10.2 Å². The van der Waals surface area contributed by atoms with Gasteiger partial charge in [0.15, 0.2) is 0 Å². The summed E-state index contributed by atoms with van der Waals surface area (Å²) >= 11 is 7.37. The third-order valence-corrected chi connectivity index (χ3v) is 5.73. The van der Waals surface area contributed by atoms with Crippen LogP contribution in [0.5, 0.6) is 0 Å². The Kier molecular flexibility index (Phi) is 6.27. The molecule has 1 N–H and O–H groups in total. The molecule has 2 aromatic rings. The summed E-state index contributed by atoms with van der Waals surface area (Å²) in [6.45, 7) is 3.40. The zero-order valence-electron chi connectivity index (χ0n) is 14.4. The molecule has 25 heavy (non-hydrogen) atoms. The fourth-order valence-corrected chi connectivity index (χ4v) is 3.92. The van der Waals surface area contributed by atoms with Gasteiger partial charge in [0.05, 0.1) is 5.75 Å². The van der Waals surface area contributed by atoms with Crippen LogP contribution in [0.4, 0.5) is 11.4 Å². The molecule has 0 bridgehead atoms. The van der Waals surface area contributed by atoms with E-state index in [1.807, 2.05) is 36.4 Å². The van der Waals surface area contributed by atoms with Crippen LogP contribution in [0.25, 0.3) is 0 Å². The van der Waals surface area contributed by atoms with E-state index in [2.05, 4.69) is 29.3 Å². The van der Waals surface area contributed by atoms with E-state index in [4.69, 9.17) is 11.6 Å². The van der Waals surface area contributed by atoms with Gasteiger partial charge in [0.2, 0.25) is 5.91 Å². The van der Waals surface area contributed by atoms with E-state index in [-0.39, 0.29) is 5.91 Å². The molecule has 1 amide bonds. The van der Waals surface area contributed by atoms with Crippen molar-refractivity contribution in [2.45, 2.75) is 37.1 Å². The van der Waals surface area contributed by atoms with Crippen molar-refractivity contribution in [3.8, 4) is 0 Å². The molecule has 3 nitrogen and oxygen atoms in total. The Bertz CT molecular complexity index is 703. The summed E-state index contributed by atoms with van der Waals surface area (Å²) in [5.74, 6) is 0.381. The minimum atomic E-state index is -0.000888. The highest BCUT2D eigenvalue weighted by atomic mass is 35.5. The number of rotatable bonds is 5. The number of nitrogens with one attached hydrogen (secondary N) is 1. The van der Waals surface area contributed by atoms with Gasteiger partial charge >= 0.3 is 0 Å². The molecule has 1 atom stereocenters. The number of hydrogen-bond acceptors (Lipinski definition) is 3. The lowest BCUT2D eigenvalue weighted by molar-refractivity contribution is -0.113. The van der Waals surface area contributed by atoms with E-state index >= 15 is 0 Å². The number of anilines is 2. The maximum atomic E-state index is 12.1. The number of hydrogen-bond donors (Lipinski definition) is 1. The van der Waals surface area contributed by atoms with Crippen LogP contribution in [0.2, 0.25) is 5.02 Å². The average molecular weight is 375 g/mol. The van der Waals surface area contributed by atoms with Gasteiger partial charge in [0.25, 0.3) is 0 Å². The summed E-state index contributed by atoms with van der Waals surface area (Å²) in [6.07, 6.45) is 3.82. The summed E-state index contributed by atoms with van der Waals surface area (Å²) in [5, 5.41) is 3.67. The van der Waals surface area contributed by atoms with Gasteiger partial charge in [-0.25, -0.2) is 0 Å². The Hall–Kier alpha value is -1.65. The second-order valence-corrected chi connectivity index (χ2v) is 7.86. The molecule has 132 valence electrons. The third kappa shape index (κ3) is 5.16. The Morgan fingerprint density at radius 3 is 2.56 bits per heavy atom. The van der Waals surface area contributed by atoms with Gasteiger partial charge in [0.1, 0.15) is 0 Å². The number of carbonyl (C=O) groups excluding carboxylic acids is 1. The van der Waals surface area contributed by atoms with Gasteiger partial charge in [-0.15, -0.1) is 11.8 Å². The number of thioether (sulfide) groups is 1. The van der Waals surface area contributed by atoms with Crippen LogP contribution in [0.1, 0.15) is 26.2 Å². The molecule has 0 aromatic heterocycles. The fourth-order valence-electron chi connectivity index (χ4n) is 3.09. The zero-order chi connectivity index (χ0) is 17.6. The number of amides is 1. The molecule has 0 saturated carbocycles. The van der Waals surface area contributed by atoms with Crippen LogP contribution in [0, 0.1) is 0 Å². The second-order valence-electron chi connectivity index (χ2n) is 6.38. The number of halogens is 1. The largest absolute Gasteiger partial charge is 0.369 e. The average Bonchev–Trinajstić information content (AvgIpc) is 2.62. The van der Waals surface area contributed by atoms with Gasteiger partial charge in [0, 0.05) is 33.9 Å². The number of carbonyl (C=O) groups is 1. The lowest BCUT2D eigenvalue weighted by atomic mass is 10.0. The first-order valence-corrected chi connectivity index (χ1v) is 10.0. The van der Waals surface area contributed by atoms with Crippen molar-refractivity contribution in [3.05, 3.63) is 53.6 Å². The Labute approximate surface area is 158 Å². The summed E-state index contributed by atoms with van der Waals surface area (Å²) in [5.41, 5.74) is 2.08. The first-order valence-electron chi connectivity index (χ1n) is 8.67. The van der Waals surface area contributed by atoms with E-state index < -0.39 is 0 Å². The molecule has 1 fully saturated rings. The lowest BCUT2D eigenvalue weighted by Gasteiger charge is -2.35. The Morgan fingerprint density at radius 2 is 1.88 bits per heavy atom. The van der Waals surface area contributed by atoms with E-state index in [1.165, 1.54) is 36.7 Å². The maximum Gasteiger partial charge on any atom is 0.234 e. The van der Waals surface area contributed by atoms with Crippen LogP contribution in [0.3, 0.4) is 0 Å². The molecule has 3 rings (SSSR count). The van der Waals surface area contributed by atoms with Crippen LogP contribution in [-0.2, 0) is 4.79 Å². The standard InChI is InChI=1S/C20H23ClN2OS/c1-15-4-2-3-13-23(15)18-9-7-17(8-10-18)22-20(24)14-25-19-11-5-16(21)6-12-19/h5-12,15H,2-4,13-14H2,1H3,(H,22,24)/t15-/m0/s1. The SMILES string of the molecule is C[C@H]1CCCCN1c1ccc(NC(=O)CSc2ccc(Cl)cc2)cc1. The zero-order valence-corrected chi connectivity index (χ0v) is 15.9. The molecule has 1 saturated heterocycles. The van der Waals surface area contributed by atoms with Crippen molar-refractivity contribution in [2.24, 2.45) is 0 Å². The van der Waals surface area contributed by atoms with Gasteiger partial charge in [-0.1, -0.05) is 11.6 Å². The molecule has 1 heterocycles. The minimum Gasteiger partial charge on any atom is -0.369 e. The smallest absolute Gasteiger partial charge is 0.234 e. The summed E-state index contributed by atoms with van der Waals surface area (Å²) in [7, 11) is 0.